The molecule has 1 fully saturated rings. The Balaban J connectivity index is 1.52. The van der Waals surface area contributed by atoms with Crippen molar-refractivity contribution in [1.82, 2.24) is 14.9 Å². The zero-order valence-corrected chi connectivity index (χ0v) is 18.8. The highest BCUT2D eigenvalue weighted by Crippen LogP contribution is 2.28. The third-order valence-electron chi connectivity index (χ3n) is 5.50. The third kappa shape index (κ3) is 5.95. The molecule has 1 aromatic heterocycles. The summed E-state index contributed by atoms with van der Waals surface area (Å²) in [5.41, 5.74) is 0.355. The highest BCUT2D eigenvalue weighted by atomic mass is 32.2. The van der Waals surface area contributed by atoms with Gasteiger partial charge in [-0.2, -0.15) is 4.31 Å². The second-order valence-corrected chi connectivity index (χ2v) is 9.66. The number of furan rings is 1. The number of carbonyl (C=O) groups excluding carboxylic acids is 2. The predicted molar refractivity (Wildman–Crippen MR) is 116 cm³/mol. The van der Waals surface area contributed by atoms with Gasteiger partial charge < -0.3 is 15.1 Å². The average molecular weight is 466 g/mol. The van der Waals surface area contributed by atoms with Crippen LogP contribution in [0.25, 0.3) is 0 Å². The molecule has 1 atom stereocenters. The van der Waals surface area contributed by atoms with Gasteiger partial charge in [0.1, 0.15) is 11.6 Å². The molecule has 2 N–H and O–H groups in total. The van der Waals surface area contributed by atoms with Crippen molar-refractivity contribution in [2.24, 2.45) is 0 Å². The SMILES string of the molecule is Cc1cc(F)ccc1S(=O)(=O)N1CCCCC1CCNC(=O)C(=O)NCCc1ccco1. The maximum absolute atomic E-state index is 13.4. The molecule has 174 valence electrons. The lowest BCUT2D eigenvalue weighted by molar-refractivity contribution is -0.139. The molecule has 1 unspecified atom stereocenters. The molecule has 0 bridgehead atoms. The first-order valence-corrected chi connectivity index (χ1v) is 12.1. The lowest BCUT2D eigenvalue weighted by Crippen LogP contribution is -2.46. The van der Waals surface area contributed by atoms with E-state index in [1.165, 1.54) is 22.7 Å². The van der Waals surface area contributed by atoms with Crippen LogP contribution >= 0.6 is 0 Å². The number of halogens is 1. The summed E-state index contributed by atoms with van der Waals surface area (Å²) in [5, 5.41) is 5.09. The minimum absolute atomic E-state index is 0.0887. The standard InChI is InChI=1S/C22H28FN3O5S/c1-16-15-17(23)7-8-20(16)32(29,30)26-13-3-2-5-18(26)9-11-24-21(27)22(28)25-12-10-19-6-4-14-31-19/h4,6-8,14-15,18H,2-3,5,9-13H2,1H3,(H,24,27)(H,25,28). The van der Waals surface area contributed by atoms with Crippen molar-refractivity contribution in [2.75, 3.05) is 19.6 Å². The molecule has 10 heteroatoms. The molecule has 8 nitrogen and oxygen atoms in total. The summed E-state index contributed by atoms with van der Waals surface area (Å²) in [6.07, 6.45) is 4.66. The van der Waals surface area contributed by atoms with E-state index < -0.39 is 27.7 Å². The first-order valence-electron chi connectivity index (χ1n) is 10.7. The van der Waals surface area contributed by atoms with Crippen LogP contribution in [-0.2, 0) is 26.0 Å². The Hall–Kier alpha value is -2.72. The lowest BCUT2D eigenvalue weighted by atomic mass is 10.0. The van der Waals surface area contributed by atoms with Crippen molar-refractivity contribution in [2.45, 2.75) is 50.0 Å². The number of nitrogens with zero attached hydrogens (tertiary/aromatic N) is 1. The van der Waals surface area contributed by atoms with Crippen LogP contribution in [0.2, 0.25) is 0 Å². The molecule has 2 heterocycles. The molecule has 1 aromatic carbocycles. The largest absolute Gasteiger partial charge is 0.469 e. The Bertz CT molecular complexity index is 1040. The van der Waals surface area contributed by atoms with Gasteiger partial charge in [0.15, 0.2) is 0 Å². The summed E-state index contributed by atoms with van der Waals surface area (Å²) in [6, 6.07) is 6.86. The van der Waals surface area contributed by atoms with E-state index in [0.717, 1.165) is 18.9 Å². The number of carbonyl (C=O) groups is 2. The number of benzene rings is 1. The highest BCUT2D eigenvalue weighted by Gasteiger charge is 2.34. The molecule has 1 saturated heterocycles. The van der Waals surface area contributed by atoms with Crippen LogP contribution in [0.3, 0.4) is 0 Å². The van der Waals surface area contributed by atoms with Gasteiger partial charge in [-0.05, 0) is 62.1 Å². The van der Waals surface area contributed by atoms with Gasteiger partial charge in [-0.15, -0.1) is 0 Å². The Morgan fingerprint density at radius 2 is 1.91 bits per heavy atom. The number of sulfonamides is 1. The molecule has 0 spiro atoms. The van der Waals surface area contributed by atoms with E-state index in [0.29, 0.717) is 37.1 Å². The predicted octanol–water partition coefficient (Wildman–Crippen LogP) is 2.14. The van der Waals surface area contributed by atoms with Crippen LogP contribution in [0, 0.1) is 12.7 Å². The summed E-state index contributed by atoms with van der Waals surface area (Å²) < 4.78 is 46.4. The molecule has 2 aromatic rings. The van der Waals surface area contributed by atoms with Crippen LogP contribution in [-0.4, -0.2) is 50.2 Å². The molecule has 2 amide bonds. The number of rotatable bonds is 8. The van der Waals surface area contributed by atoms with Gasteiger partial charge in [-0.3, -0.25) is 9.59 Å². The number of aryl methyl sites for hydroxylation is 1. The summed E-state index contributed by atoms with van der Waals surface area (Å²) >= 11 is 0. The highest BCUT2D eigenvalue weighted by molar-refractivity contribution is 7.89. The summed E-state index contributed by atoms with van der Waals surface area (Å²) in [5.74, 6) is -1.28. The van der Waals surface area contributed by atoms with Crippen molar-refractivity contribution in [3.05, 3.63) is 53.7 Å². The quantitative estimate of drug-likeness (QED) is 0.581. The van der Waals surface area contributed by atoms with Crippen molar-refractivity contribution in [1.29, 1.82) is 0 Å². The fourth-order valence-electron chi connectivity index (χ4n) is 3.87. The first-order chi connectivity index (χ1) is 15.3. The molecule has 1 aliphatic heterocycles. The average Bonchev–Trinajstić information content (AvgIpc) is 3.27. The zero-order valence-electron chi connectivity index (χ0n) is 18.0. The summed E-state index contributed by atoms with van der Waals surface area (Å²) in [4.78, 5) is 24.1. The number of hydrogen-bond donors (Lipinski definition) is 2. The minimum atomic E-state index is -3.79. The van der Waals surface area contributed by atoms with Crippen LogP contribution < -0.4 is 10.6 Å². The monoisotopic (exact) mass is 465 g/mol. The minimum Gasteiger partial charge on any atom is -0.469 e. The Morgan fingerprint density at radius 1 is 1.16 bits per heavy atom. The fraction of sp³-hybridized carbons (Fsp3) is 0.455. The molecule has 0 radical (unpaired) electrons. The van der Waals surface area contributed by atoms with E-state index in [1.54, 1.807) is 19.1 Å². The topological polar surface area (TPSA) is 109 Å². The van der Waals surface area contributed by atoms with Crippen LogP contribution in [0.15, 0.2) is 45.9 Å². The van der Waals surface area contributed by atoms with Crippen LogP contribution in [0.4, 0.5) is 4.39 Å². The molecule has 3 rings (SSSR count). The van der Waals surface area contributed by atoms with Gasteiger partial charge in [0.25, 0.3) is 0 Å². The zero-order chi connectivity index (χ0) is 23.1. The van der Waals surface area contributed by atoms with Gasteiger partial charge >= 0.3 is 11.8 Å². The van der Waals surface area contributed by atoms with Gasteiger partial charge in [0.05, 0.1) is 11.2 Å². The number of hydrogen-bond acceptors (Lipinski definition) is 5. The molecular formula is C22H28FN3O5S. The molecule has 1 aliphatic rings. The van der Waals surface area contributed by atoms with E-state index in [2.05, 4.69) is 10.6 Å². The normalized spacial score (nSPS) is 17.1. The Morgan fingerprint density at radius 3 is 2.59 bits per heavy atom. The van der Waals surface area contributed by atoms with E-state index >= 15 is 0 Å². The van der Waals surface area contributed by atoms with E-state index in [4.69, 9.17) is 4.42 Å². The smallest absolute Gasteiger partial charge is 0.309 e. The van der Waals surface area contributed by atoms with Crippen LogP contribution in [0.1, 0.15) is 37.0 Å². The molecular weight excluding hydrogens is 437 g/mol. The number of nitrogens with one attached hydrogen (secondary N) is 2. The van der Waals surface area contributed by atoms with E-state index in [-0.39, 0.29) is 24.0 Å². The third-order valence-corrected chi connectivity index (χ3v) is 7.62. The molecule has 0 aliphatic carbocycles. The maximum Gasteiger partial charge on any atom is 0.309 e. The van der Waals surface area contributed by atoms with Gasteiger partial charge in [-0.1, -0.05) is 6.42 Å². The van der Waals surface area contributed by atoms with E-state index in [9.17, 15) is 22.4 Å². The molecule has 0 saturated carbocycles. The number of amides is 2. The van der Waals surface area contributed by atoms with Crippen molar-refractivity contribution in [3.8, 4) is 0 Å². The van der Waals surface area contributed by atoms with Gasteiger partial charge in [0, 0.05) is 32.1 Å². The molecule has 32 heavy (non-hydrogen) atoms. The van der Waals surface area contributed by atoms with Crippen molar-refractivity contribution >= 4 is 21.8 Å². The Labute approximate surface area is 187 Å². The first kappa shape index (κ1) is 23.9. The Kier molecular flexibility index (Phi) is 8.03. The number of piperidine rings is 1. The van der Waals surface area contributed by atoms with E-state index in [1.807, 2.05) is 0 Å². The van der Waals surface area contributed by atoms with Gasteiger partial charge in [0.2, 0.25) is 10.0 Å². The fourth-order valence-corrected chi connectivity index (χ4v) is 5.81. The summed E-state index contributed by atoms with van der Waals surface area (Å²) in [6.45, 7) is 2.37. The van der Waals surface area contributed by atoms with Crippen molar-refractivity contribution < 1.29 is 26.8 Å². The lowest BCUT2D eigenvalue weighted by Gasteiger charge is -2.35. The van der Waals surface area contributed by atoms with Crippen LogP contribution in [0.5, 0.6) is 0 Å². The second-order valence-electron chi connectivity index (χ2n) is 7.81. The summed E-state index contributed by atoms with van der Waals surface area (Å²) in [7, 11) is -3.79. The second kappa shape index (κ2) is 10.7. The van der Waals surface area contributed by atoms with Crippen molar-refractivity contribution in [3.63, 3.8) is 0 Å². The van der Waals surface area contributed by atoms with Gasteiger partial charge in [-0.25, -0.2) is 12.8 Å². The maximum atomic E-state index is 13.4.